The van der Waals surface area contributed by atoms with Crippen LogP contribution in [0.2, 0.25) is 0 Å². The van der Waals surface area contributed by atoms with Crippen LogP contribution in [-0.4, -0.2) is 39.5 Å². The van der Waals surface area contributed by atoms with Crippen LogP contribution in [0.15, 0.2) is 53.4 Å². The highest BCUT2D eigenvalue weighted by Crippen LogP contribution is 2.35. The number of hydrogen-bond donors (Lipinski definition) is 1. The lowest BCUT2D eigenvalue weighted by atomic mass is 9.82. The van der Waals surface area contributed by atoms with Gasteiger partial charge in [0.2, 0.25) is 10.0 Å². The van der Waals surface area contributed by atoms with Gasteiger partial charge < -0.3 is 4.90 Å². The van der Waals surface area contributed by atoms with Crippen molar-refractivity contribution >= 4 is 22.4 Å². The first-order chi connectivity index (χ1) is 13.6. The SMILES string of the molecule is CCNS(=O)(=O)c1ccc2c(c1)CCCC2CN1CCC(c2ccccc2)C1.Cl. The van der Waals surface area contributed by atoms with E-state index < -0.39 is 10.0 Å². The summed E-state index contributed by atoms with van der Waals surface area (Å²) in [4.78, 5) is 3.00. The summed E-state index contributed by atoms with van der Waals surface area (Å²) >= 11 is 0. The molecule has 1 N–H and O–H groups in total. The number of nitrogens with one attached hydrogen (secondary N) is 1. The zero-order valence-electron chi connectivity index (χ0n) is 17.0. The molecule has 4 nitrogen and oxygen atoms in total. The van der Waals surface area contributed by atoms with Crippen molar-refractivity contribution in [2.75, 3.05) is 26.2 Å². The molecular weight excluding hydrogens is 404 g/mol. The molecule has 0 radical (unpaired) electrons. The largest absolute Gasteiger partial charge is 0.302 e. The number of benzene rings is 2. The molecule has 2 aliphatic rings. The minimum atomic E-state index is -3.38. The van der Waals surface area contributed by atoms with Gasteiger partial charge in [0.1, 0.15) is 0 Å². The Morgan fingerprint density at radius 2 is 1.90 bits per heavy atom. The van der Waals surface area contributed by atoms with Crippen molar-refractivity contribution in [1.82, 2.24) is 9.62 Å². The summed E-state index contributed by atoms with van der Waals surface area (Å²) in [7, 11) is -3.38. The van der Waals surface area contributed by atoms with Crippen molar-refractivity contribution < 1.29 is 8.42 Å². The predicted molar refractivity (Wildman–Crippen MR) is 120 cm³/mol. The second kappa shape index (κ2) is 9.61. The minimum Gasteiger partial charge on any atom is -0.302 e. The van der Waals surface area contributed by atoms with Crippen LogP contribution >= 0.6 is 12.4 Å². The molecule has 1 fully saturated rings. The Bertz CT molecular complexity index is 918. The van der Waals surface area contributed by atoms with Crippen molar-refractivity contribution in [2.45, 2.75) is 49.3 Å². The third-order valence-corrected chi connectivity index (χ3v) is 7.76. The minimum absolute atomic E-state index is 0. The van der Waals surface area contributed by atoms with Crippen molar-refractivity contribution in [3.8, 4) is 0 Å². The van der Waals surface area contributed by atoms with Gasteiger partial charge in [-0.25, -0.2) is 13.1 Å². The predicted octanol–water partition coefficient (Wildman–Crippen LogP) is 4.32. The third kappa shape index (κ3) is 5.02. The van der Waals surface area contributed by atoms with Crippen molar-refractivity contribution in [3.05, 3.63) is 65.2 Å². The average molecular weight is 435 g/mol. The van der Waals surface area contributed by atoms with E-state index in [0.717, 1.165) is 32.5 Å². The summed E-state index contributed by atoms with van der Waals surface area (Å²) in [5.41, 5.74) is 4.02. The van der Waals surface area contributed by atoms with Gasteiger partial charge in [-0.05, 0) is 72.9 Å². The van der Waals surface area contributed by atoms with Crippen LogP contribution in [-0.2, 0) is 16.4 Å². The Morgan fingerprint density at radius 1 is 1.10 bits per heavy atom. The lowest BCUT2D eigenvalue weighted by Gasteiger charge is -2.30. The van der Waals surface area contributed by atoms with Gasteiger partial charge in [-0.15, -0.1) is 12.4 Å². The fourth-order valence-corrected chi connectivity index (χ4v) is 5.92. The van der Waals surface area contributed by atoms with Crippen LogP contribution in [0.5, 0.6) is 0 Å². The molecule has 29 heavy (non-hydrogen) atoms. The van der Waals surface area contributed by atoms with Crippen LogP contribution in [0.3, 0.4) is 0 Å². The lowest BCUT2D eigenvalue weighted by molar-refractivity contribution is 0.297. The molecule has 1 aliphatic carbocycles. The number of rotatable bonds is 6. The molecule has 0 spiro atoms. The number of likely N-dealkylation sites (tertiary alicyclic amines) is 1. The summed E-state index contributed by atoms with van der Waals surface area (Å²) in [5, 5.41) is 0. The summed E-state index contributed by atoms with van der Waals surface area (Å²) < 4.78 is 27.3. The summed E-state index contributed by atoms with van der Waals surface area (Å²) in [6.45, 7) is 5.58. The van der Waals surface area contributed by atoms with Gasteiger partial charge in [-0.2, -0.15) is 0 Å². The molecule has 2 atom stereocenters. The van der Waals surface area contributed by atoms with Crippen LogP contribution in [0, 0.1) is 0 Å². The second-order valence-corrected chi connectivity index (χ2v) is 9.87. The van der Waals surface area contributed by atoms with Crippen LogP contribution < -0.4 is 4.72 Å². The summed E-state index contributed by atoms with van der Waals surface area (Å²) in [5.74, 6) is 1.14. The van der Waals surface area contributed by atoms with Crippen LogP contribution in [0.4, 0.5) is 0 Å². The van der Waals surface area contributed by atoms with E-state index in [2.05, 4.69) is 46.0 Å². The highest BCUT2D eigenvalue weighted by Gasteiger charge is 2.29. The number of hydrogen-bond acceptors (Lipinski definition) is 3. The van der Waals surface area contributed by atoms with E-state index in [1.807, 2.05) is 13.0 Å². The van der Waals surface area contributed by atoms with E-state index in [1.165, 1.54) is 29.5 Å². The maximum absolute atomic E-state index is 12.3. The normalized spacial score (nSPS) is 22.1. The molecular formula is C23H31ClN2O2S. The second-order valence-electron chi connectivity index (χ2n) is 8.11. The molecule has 1 saturated heterocycles. The van der Waals surface area contributed by atoms with Gasteiger partial charge in [-0.1, -0.05) is 43.3 Å². The molecule has 4 rings (SSSR count). The van der Waals surface area contributed by atoms with E-state index >= 15 is 0 Å². The van der Waals surface area contributed by atoms with E-state index in [9.17, 15) is 8.42 Å². The van der Waals surface area contributed by atoms with Gasteiger partial charge in [0.05, 0.1) is 4.90 Å². The molecule has 6 heteroatoms. The van der Waals surface area contributed by atoms with Crippen LogP contribution in [0.25, 0.3) is 0 Å². The van der Waals surface area contributed by atoms with Gasteiger partial charge in [0.25, 0.3) is 0 Å². The van der Waals surface area contributed by atoms with Crippen molar-refractivity contribution in [2.24, 2.45) is 0 Å². The number of fused-ring (bicyclic) bond motifs is 1. The van der Waals surface area contributed by atoms with Crippen LogP contribution in [0.1, 0.15) is 54.7 Å². The smallest absolute Gasteiger partial charge is 0.240 e. The molecule has 0 amide bonds. The Hall–Kier alpha value is -1.40. The molecule has 2 unspecified atom stereocenters. The maximum Gasteiger partial charge on any atom is 0.240 e. The van der Waals surface area contributed by atoms with Gasteiger partial charge in [0.15, 0.2) is 0 Å². The summed E-state index contributed by atoms with van der Waals surface area (Å²) in [6.07, 6.45) is 4.54. The number of halogens is 1. The fourth-order valence-electron chi connectivity index (χ4n) is 4.83. The zero-order valence-corrected chi connectivity index (χ0v) is 18.6. The Labute approximate surface area is 181 Å². The molecule has 0 bridgehead atoms. The fraction of sp³-hybridized carbons (Fsp3) is 0.478. The van der Waals surface area contributed by atoms with E-state index in [1.54, 1.807) is 6.07 Å². The maximum atomic E-state index is 12.3. The first-order valence-corrected chi connectivity index (χ1v) is 11.9. The van der Waals surface area contributed by atoms with Crippen molar-refractivity contribution in [3.63, 3.8) is 0 Å². The topological polar surface area (TPSA) is 49.4 Å². The van der Waals surface area contributed by atoms with E-state index in [0.29, 0.717) is 23.3 Å². The zero-order chi connectivity index (χ0) is 19.6. The highest BCUT2D eigenvalue weighted by atomic mass is 35.5. The third-order valence-electron chi connectivity index (χ3n) is 6.22. The van der Waals surface area contributed by atoms with Gasteiger partial charge in [-0.3, -0.25) is 0 Å². The van der Waals surface area contributed by atoms with Crippen molar-refractivity contribution in [1.29, 1.82) is 0 Å². The number of nitrogens with zero attached hydrogens (tertiary/aromatic N) is 1. The molecule has 0 aromatic heterocycles. The molecule has 158 valence electrons. The molecule has 2 aromatic rings. The first-order valence-electron chi connectivity index (χ1n) is 10.5. The molecule has 0 saturated carbocycles. The van der Waals surface area contributed by atoms with Gasteiger partial charge >= 0.3 is 0 Å². The standard InChI is InChI=1S/C23H30N2O2S.ClH/c1-2-24-28(26,27)22-11-12-23-19(15-22)9-6-10-21(23)17-25-14-13-20(16-25)18-7-4-3-5-8-18;/h3-5,7-8,11-12,15,20-21,24H,2,6,9-10,13-14,16-17H2,1H3;1H. The molecule has 1 heterocycles. The average Bonchev–Trinajstić information content (AvgIpc) is 3.17. The molecule has 2 aromatic carbocycles. The van der Waals surface area contributed by atoms with E-state index in [4.69, 9.17) is 0 Å². The highest BCUT2D eigenvalue weighted by molar-refractivity contribution is 7.89. The quantitative estimate of drug-likeness (QED) is 0.736. The Balaban J connectivity index is 0.00000240. The van der Waals surface area contributed by atoms with E-state index in [-0.39, 0.29) is 12.4 Å². The first kappa shape index (κ1) is 22.3. The van der Waals surface area contributed by atoms with Gasteiger partial charge in [0, 0.05) is 19.6 Å². The number of aryl methyl sites for hydroxylation is 1. The lowest BCUT2D eigenvalue weighted by Crippen LogP contribution is -2.28. The Morgan fingerprint density at radius 3 is 2.66 bits per heavy atom. The Kier molecular flexibility index (Phi) is 7.38. The monoisotopic (exact) mass is 434 g/mol. The summed E-state index contributed by atoms with van der Waals surface area (Å²) in [6, 6.07) is 16.6. The molecule has 1 aliphatic heterocycles. The number of sulfonamides is 1.